The number of carbonyl (C=O) groups excluding carboxylic acids is 2. The van der Waals surface area contributed by atoms with Crippen LogP contribution in [0.2, 0.25) is 0 Å². The van der Waals surface area contributed by atoms with E-state index in [-0.39, 0.29) is 31.4 Å². The number of aliphatic carboxylic acids is 1. The van der Waals surface area contributed by atoms with Crippen molar-refractivity contribution in [3.05, 3.63) is 29.8 Å². The molecule has 0 radical (unpaired) electrons. The minimum atomic E-state index is -1.07. The molecule has 0 aliphatic carbocycles. The SMILES string of the molecule is CCc1ccccc1N1CC(C(=O)N2CCCC(COC)(C(=O)O)C2)CC1=O. The summed E-state index contributed by atoms with van der Waals surface area (Å²) in [5.41, 5.74) is 0.870. The van der Waals surface area contributed by atoms with Crippen LogP contribution in [0.25, 0.3) is 0 Å². The van der Waals surface area contributed by atoms with Crippen LogP contribution in [0, 0.1) is 11.3 Å². The number of likely N-dealkylation sites (tertiary alicyclic amines) is 1. The van der Waals surface area contributed by atoms with E-state index in [2.05, 4.69) is 0 Å². The topological polar surface area (TPSA) is 87.2 Å². The van der Waals surface area contributed by atoms with Crippen LogP contribution < -0.4 is 4.90 Å². The number of hydrogen-bond donors (Lipinski definition) is 1. The molecular formula is C21H28N2O5. The van der Waals surface area contributed by atoms with Gasteiger partial charge < -0.3 is 19.6 Å². The molecule has 152 valence electrons. The monoisotopic (exact) mass is 388 g/mol. The first-order chi connectivity index (χ1) is 13.4. The van der Waals surface area contributed by atoms with Crippen molar-refractivity contribution in [1.29, 1.82) is 0 Å². The Balaban J connectivity index is 1.75. The number of carbonyl (C=O) groups is 3. The number of benzene rings is 1. The quantitative estimate of drug-likeness (QED) is 0.805. The average molecular weight is 388 g/mol. The van der Waals surface area contributed by atoms with Crippen molar-refractivity contribution in [3.8, 4) is 0 Å². The van der Waals surface area contributed by atoms with E-state index in [1.54, 1.807) is 9.80 Å². The molecule has 2 amide bonds. The lowest BCUT2D eigenvalue weighted by Gasteiger charge is -2.40. The van der Waals surface area contributed by atoms with Crippen LogP contribution >= 0.6 is 0 Å². The summed E-state index contributed by atoms with van der Waals surface area (Å²) in [6.07, 6.45) is 2.07. The summed E-state index contributed by atoms with van der Waals surface area (Å²) in [6.45, 7) is 3.11. The molecule has 2 aliphatic rings. The van der Waals surface area contributed by atoms with E-state index in [1.165, 1.54) is 7.11 Å². The third-order valence-corrected chi connectivity index (χ3v) is 5.90. The second-order valence-electron chi connectivity index (χ2n) is 7.77. The van der Waals surface area contributed by atoms with Crippen molar-refractivity contribution >= 4 is 23.5 Å². The molecule has 3 rings (SSSR count). The Hall–Kier alpha value is -2.41. The fraction of sp³-hybridized carbons (Fsp3) is 0.571. The van der Waals surface area contributed by atoms with Gasteiger partial charge in [0.05, 0.1) is 12.5 Å². The van der Waals surface area contributed by atoms with E-state index in [1.807, 2.05) is 31.2 Å². The maximum atomic E-state index is 13.1. The van der Waals surface area contributed by atoms with Crippen molar-refractivity contribution in [1.82, 2.24) is 4.90 Å². The summed E-state index contributed by atoms with van der Waals surface area (Å²) in [5, 5.41) is 9.69. The smallest absolute Gasteiger partial charge is 0.313 e. The average Bonchev–Trinajstić information content (AvgIpc) is 3.09. The number of hydrogen-bond acceptors (Lipinski definition) is 4. The van der Waals surface area contributed by atoms with Gasteiger partial charge >= 0.3 is 5.97 Å². The van der Waals surface area contributed by atoms with Gasteiger partial charge in [-0.2, -0.15) is 0 Å². The fourth-order valence-electron chi connectivity index (χ4n) is 4.39. The van der Waals surface area contributed by atoms with Crippen LogP contribution in [-0.4, -0.2) is 61.1 Å². The van der Waals surface area contributed by atoms with Crippen molar-refractivity contribution in [2.24, 2.45) is 11.3 Å². The molecule has 0 saturated carbocycles. The molecule has 0 spiro atoms. The van der Waals surface area contributed by atoms with Crippen LogP contribution in [0.4, 0.5) is 5.69 Å². The van der Waals surface area contributed by atoms with Gasteiger partial charge in [0.15, 0.2) is 0 Å². The van der Waals surface area contributed by atoms with Gasteiger partial charge in [0.25, 0.3) is 0 Å². The second-order valence-corrected chi connectivity index (χ2v) is 7.77. The van der Waals surface area contributed by atoms with Gasteiger partial charge in [-0.15, -0.1) is 0 Å². The molecule has 2 saturated heterocycles. The number of methoxy groups -OCH3 is 1. The van der Waals surface area contributed by atoms with E-state index >= 15 is 0 Å². The Morgan fingerprint density at radius 2 is 2.07 bits per heavy atom. The van der Waals surface area contributed by atoms with E-state index in [0.717, 1.165) is 17.7 Å². The van der Waals surface area contributed by atoms with Crippen LogP contribution in [0.15, 0.2) is 24.3 Å². The number of carboxylic acids is 1. The summed E-state index contributed by atoms with van der Waals surface area (Å²) >= 11 is 0. The number of rotatable bonds is 6. The molecule has 7 heteroatoms. The summed E-state index contributed by atoms with van der Waals surface area (Å²) in [5.74, 6) is -1.57. The van der Waals surface area contributed by atoms with Crippen LogP contribution in [0.5, 0.6) is 0 Å². The standard InChI is InChI=1S/C21H28N2O5/c1-3-15-7-4-5-8-17(15)23-12-16(11-18(23)24)19(25)22-10-6-9-21(13-22,14-28-2)20(26)27/h4-5,7-8,16H,3,6,9-14H2,1-2H3,(H,26,27). The normalized spacial score (nSPS) is 25.2. The number of piperidine rings is 1. The predicted molar refractivity (Wildman–Crippen MR) is 104 cm³/mol. The highest BCUT2D eigenvalue weighted by molar-refractivity contribution is 6.01. The number of amides is 2. The fourth-order valence-corrected chi connectivity index (χ4v) is 4.39. The number of nitrogens with zero attached hydrogens (tertiary/aromatic N) is 2. The number of anilines is 1. The van der Waals surface area contributed by atoms with Crippen molar-refractivity contribution in [3.63, 3.8) is 0 Å². The molecule has 0 aromatic heterocycles. The number of aryl methyl sites for hydroxylation is 1. The first-order valence-electron chi connectivity index (χ1n) is 9.81. The van der Waals surface area contributed by atoms with Crippen molar-refractivity contribution < 1.29 is 24.2 Å². The summed E-state index contributed by atoms with van der Waals surface area (Å²) in [4.78, 5) is 40.9. The minimum Gasteiger partial charge on any atom is -0.481 e. The van der Waals surface area contributed by atoms with Gasteiger partial charge in [0.1, 0.15) is 5.41 Å². The van der Waals surface area contributed by atoms with Gasteiger partial charge in [0, 0.05) is 38.9 Å². The second kappa shape index (κ2) is 8.31. The molecule has 2 heterocycles. The van der Waals surface area contributed by atoms with Gasteiger partial charge in [-0.3, -0.25) is 14.4 Å². The Morgan fingerprint density at radius 1 is 1.32 bits per heavy atom. The lowest BCUT2D eigenvalue weighted by molar-refractivity contribution is -0.160. The first-order valence-corrected chi connectivity index (χ1v) is 9.81. The zero-order valence-electron chi connectivity index (χ0n) is 16.5. The molecule has 1 N–H and O–H groups in total. The zero-order chi connectivity index (χ0) is 20.3. The highest BCUT2D eigenvalue weighted by Gasteiger charge is 2.46. The maximum absolute atomic E-state index is 13.1. The molecule has 28 heavy (non-hydrogen) atoms. The van der Waals surface area contributed by atoms with E-state index < -0.39 is 17.3 Å². The summed E-state index contributed by atoms with van der Waals surface area (Å²) < 4.78 is 5.14. The third kappa shape index (κ3) is 3.76. The molecule has 1 aromatic carbocycles. The zero-order valence-corrected chi connectivity index (χ0v) is 16.5. The number of carboxylic acid groups (broad SMARTS) is 1. The molecule has 7 nitrogen and oxygen atoms in total. The molecule has 2 fully saturated rings. The Kier molecular flexibility index (Phi) is 6.03. The number of para-hydroxylation sites is 1. The van der Waals surface area contributed by atoms with Gasteiger partial charge in [-0.05, 0) is 30.9 Å². The van der Waals surface area contributed by atoms with Gasteiger partial charge in [-0.25, -0.2) is 0 Å². The minimum absolute atomic E-state index is 0.0577. The Labute approximate surface area is 165 Å². The predicted octanol–water partition coefficient (Wildman–Crippen LogP) is 1.94. The van der Waals surface area contributed by atoms with Crippen molar-refractivity contribution in [2.75, 3.05) is 38.3 Å². The molecular weight excluding hydrogens is 360 g/mol. The third-order valence-electron chi connectivity index (χ3n) is 5.90. The van der Waals surface area contributed by atoms with Crippen LogP contribution in [-0.2, 0) is 25.5 Å². The highest BCUT2D eigenvalue weighted by Crippen LogP contribution is 2.34. The first kappa shape index (κ1) is 20.3. The Morgan fingerprint density at radius 3 is 2.75 bits per heavy atom. The van der Waals surface area contributed by atoms with Crippen LogP contribution in [0.1, 0.15) is 31.7 Å². The van der Waals surface area contributed by atoms with Crippen LogP contribution in [0.3, 0.4) is 0 Å². The molecule has 2 aliphatic heterocycles. The van der Waals surface area contributed by atoms with E-state index in [0.29, 0.717) is 25.9 Å². The molecule has 2 unspecified atom stereocenters. The molecule has 1 aromatic rings. The molecule has 0 bridgehead atoms. The van der Waals surface area contributed by atoms with Gasteiger partial charge in [-0.1, -0.05) is 25.1 Å². The Bertz CT molecular complexity index is 761. The lowest BCUT2D eigenvalue weighted by atomic mass is 9.80. The van der Waals surface area contributed by atoms with E-state index in [4.69, 9.17) is 4.74 Å². The lowest BCUT2D eigenvalue weighted by Crippen LogP contribution is -2.53. The van der Waals surface area contributed by atoms with Gasteiger partial charge in [0.2, 0.25) is 11.8 Å². The highest BCUT2D eigenvalue weighted by atomic mass is 16.5. The molecule has 2 atom stereocenters. The summed E-state index contributed by atoms with van der Waals surface area (Å²) in [7, 11) is 1.48. The van der Waals surface area contributed by atoms with Crippen molar-refractivity contribution in [2.45, 2.75) is 32.6 Å². The van der Waals surface area contributed by atoms with E-state index in [9.17, 15) is 19.5 Å². The summed E-state index contributed by atoms with van der Waals surface area (Å²) in [6, 6.07) is 7.75. The number of ether oxygens (including phenoxy) is 1. The largest absolute Gasteiger partial charge is 0.481 e. The maximum Gasteiger partial charge on any atom is 0.313 e.